The first-order valence-electron chi connectivity index (χ1n) is 16.7. The molecular formula is C37H45F3N4O6. The molecule has 13 heteroatoms. The molecule has 1 aliphatic rings. The third-order valence-electron chi connectivity index (χ3n) is 8.61. The Morgan fingerprint density at radius 1 is 1.00 bits per heavy atom. The molecule has 1 aliphatic heterocycles. The summed E-state index contributed by atoms with van der Waals surface area (Å²) in [6, 6.07) is 16.6. The van der Waals surface area contributed by atoms with E-state index in [4.69, 9.17) is 9.47 Å². The first-order chi connectivity index (χ1) is 23.8. The van der Waals surface area contributed by atoms with Crippen molar-refractivity contribution in [1.29, 1.82) is 0 Å². The van der Waals surface area contributed by atoms with Gasteiger partial charge in [-0.1, -0.05) is 25.1 Å². The maximum absolute atomic E-state index is 14.3. The Kier molecular flexibility index (Phi) is 13.3. The number of aliphatic hydroxyl groups excluding tert-OH is 1. The van der Waals surface area contributed by atoms with E-state index < -0.39 is 35.8 Å². The third-order valence-corrected chi connectivity index (χ3v) is 8.61. The van der Waals surface area contributed by atoms with Gasteiger partial charge >= 0.3 is 12.2 Å². The molecule has 3 aromatic rings. The van der Waals surface area contributed by atoms with Gasteiger partial charge in [0, 0.05) is 49.6 Å². The van der Waals surface area contributed by atoms with Crippen molar-refractivity contribution >= 4 is 29.2 Å². The van der Waals surface area contributed by atoms with Crippen LogP contribution in [0.1, 0.15) is 66.3 Å². The summed E-state index contributed by atoms with van der Waals surface area (Å²) in [5.41, 5.74) is 0.460. The van der Waals surface area contributed by atoms with Crippen molar-refractivity contribution in [2.24, 2.45) is 5.92 Å². The Morgan fingerprint density at radius 2 is 1.68 bits per heavy atom. The lowest BCUT2D eigenvalue weighted by Crippen LogP contribution is -2.48. The summed E-state index contributed by atoms with van der Waals surface area (Å²) in [4.78, 5) is 43.2. The van der Waals surface area contributed by atoms with Gasteiger partial charge in [0.15, 0.2) is 0 Å². The highest BCUT2D eigenvalue weighted by Gasteiger charge is 2.32. The van der Waals surface area contributed by atoms with E-state index >= 15 is 0 Å². The van der Waals surface area contributed by atoms with E-state index in [1.165, 1.54) is 21.9 Å². The number of likely N-dealkylation sites (N-methyl/N-ethyl adjacent to an activating group) is 1. The fourth-order valence-corrected chi connectivity index (χ4v) is 5.57. The number of nitrogens with one attached hydrogen (secondary N) is 2. The summed E-state index contributed by atoms with van der Waals surface area (Å²) < 4.78 is 51.5. The lowest BCUT2D eigenvalue weighted by molar-refractivity contribution is -0.137. The predicted molar refractivity (Wildman–Crippen MR) is 184 cm³/mol. The van der Waals surface area contributed by atoms with Crippen molar-refractivity contribution < 1.29 is 42.1 Å². The molecule has 0 saturated carbocycles. The van der Waals surface area contributed by atoms with Crippen molar-refractivity contribution in [1.82, 2.24) is 9.80 Å². The average molecular weight is 699 g/mol. The second kappa shape index (κ2) is 17.3. The van der Waals surface area contributed by atoms with Gasteiger partial charge in [-0.05, 0) is 87.7 Å². The van der Waals surface area contributed by atoms with Crippen LogP contribution in [0.25, 0.3) is 0 Å². The zero-order chi connectivity index (χ0) is 36.4. The van der Waals surface area contributed by atoms with E-state index in [0.29, 0.717) is 36.4 Å². The van der Waals surface area contributed by atoms with Crippen LogP contribution in [-0.4, -0.2) is 84.4 Å². The number of aliphatic hydroxyl groups is 1. The van der Waals surface area contributed by atoms with Crippen molar-refractivity contribution in [2.45, 2.75) is 64.5 Å². The van der Waals surface area contributed by atoms with Crippen LogP contribution in [0, 0.1) is 5.92 Å². The van der Waals surface area contributed by atoms with Gasteiger partial charge in [-0.3, -0.25) is 9.59 Å². The fraction of sp³-hybridized carbons (Fsp3) is 0.432. The Bertz CT molecular complexity index is 1590. The van der Waals surface area contributed by atoms with E-state index in [-0.39, 0.29) is 48.9 Å². The fourth-order valence-electron chi connectivity index (χ4n) is 5.57. The van der Waals surface area contributed by atoms with Gasteiger partial charge in [-0.2, -0.15) is 13.2 Å². The van der Waals surface area contributed by atoms with Crippen LogP contribution in [0.15, 0.2) is 72.8 Å². The molecule has 0 saturated heterocycles. The first-order valence-corrected chi connectivity index (χ1v) is 16.7. The van der Waals surface area contributed by atoms with E-state index in [2.05, 4.69) is 10.6 Å². The molecule has 0 bridgehead atoms. The molecule has 0 fully saturated rings. The summed E-state index contributed by atoms with van der Waals surface area (Å²) in [7, 11) is 1.56. The van der Waals surface area contributed by atoms with Crippen LogP contribution < -0.4 is 15.4 Å². The van der Waals surface area contributed by atoms with Crippen LogP contribution in [0.5, 0.6) is 5.75 Å². The topological polar surface area (TPSA) is 120 Å². The lowest BCUT2D eigenvalue weighted by Gasteiger charge is -2.35. The monoisotopic (exact) mass is 698 g/mol. The van der Waals surface area contributed by atoms with Gasteiger partial charge in [0.2, 0.25) is 0 Å². The maximum Gasteiger partial charge on any atom is 0.416 e. The summed E-state index contributed by atoms with van der Waals surface area (Å²) in [6.07, 6.45) is -3.11. The number of rotatable bonds is 7. The molecule has 0 radical (unpaired) electrons. The number of benzene rings is 3. The number of nitrogens with zero attached hydrogens (tertiary/aromatic N) is 2. The Hall–Kier alpha value is -4.62. The number of halogens is 3. The van der Waals surface area contributed by atoms with E-state index in [0.717, 1.165) is 18.6 Å². The van der Waals surface area contributed by atoms with E-state index in [1.807, 2.05) is 19.9 Å². The maximum atomic E-state index is 14.3. The van der Waals surface area contributed by atoms with Crippen molar-refractivity contribution in [3.8, 4) is 5.75 Å². The van der Waals surface area contributed by atoms with Crippen LogP contribution >= 0.6 is 0 Å². The van der Waals surface area contributed by atoms with Gasteiger partial charge in [-0.15, -0.1) is 0 Å². The van der Waals surface area contributed by atoms with Gasteiger partial charge in [0.25, 0.3) is 11.8 Å². The molecule has 0 unspecified atom stereocenters. The second-order valence-corrected chi connectivity index (χ2v) is 12.7. The molecule has 270 valence electrons. The smallest absolute Gasteiger partial charge is 0.416 e. The van der Waals surface area contributed by atoms with Gasteiger partial charge in [-0.25, -0.2) is 4.79 Å². The van der Waals surface area contributed by atoms with E-state index in [1.54, 1.807) is 56.4 Å². The van der Waals surface area contributed by atoms with E-state index in [9.17, 15) is 32.7 Å². The average Bonchev–Trinajstić information content (AvgIpc) is 3.09. The Morgan fingerprint density at radius 3 is 2.34 bits per heavy atom. The highest BCUT2D eigenvalue weighted by molar-refractivity contribution is 6.05. The van der Waals surface area contributed by atoms with Crippen molar-refractivity contribution in [2.75, 3.05) is 44.0 Å². The highest BCUT2D eigenvalue weighted by Crippen LogP contribution is 2.31. The standard InChI is InChI=1S/C37H45F3N4O6/c1-24-21-44(25(2)23-45)35(47)31-20-30(41-34(46)27-11-6-5-7-12-27)17-18-32(31)50-26(3)10-8-9-19-49-33(24)22-43(4)36(48)42-29-15-13-28(14-16-29)37(38,39)40/h5-7,11-18,20,24-26,33,45H,8-10,19,21-23H2,1-4H3,(H,41,46)(H,42,48)/t24-,25+,26-,33+/m0/s1. The normalized spacial score (nSPS) is 19.7. The van der Waals surface area contributed by atoms with Gasteiger partial charge in [0.05, 0.1) is 36.0 Å². The molecular weight excluding hydrogens is 653 g/mol. The number of carbonyl (C=O) groups excluding carboxylic acids is 3. The number of hydrogen-bond donors (Lipinski definition) is 3. The molecule has 50 heavy (non-hydrogen) atoms. The van der Waals surface area contributed by atoms with Crippen molar-refractivity contribution in [3.63, 3.8) is 0 Å². The summed E-state index contributed by atoms with van der Waals surface area (Å²) in [5.74, 6) is -0.733. The quantitative estimate of drug-likeness (QED) is 0.247. The molecule has 4 atom stereocenters. The van der Waals surface area contributed by atoms with Crippen LogP contribution in [0.2, 0.25) is 0 Å². The molecule has 3 N–H and O–H groups in total. The van der Waals surface area contributed by atoms with Crippen LogP contribution in [0.3, 0.4) is 0 Å². The van der Waals surface area contributed by atoms with Gasteiger partial charge in [0.1, 0.15) is 5.75 Å². The first kappa shape index (κ1) is 38.2. The predicted octanol–water partition coefficient (Wildman–Crippen LogP) is 6.92. The zero-order valence-corrected chi connectivity index (χ0v) is 28.7. The molecule has 10 nitrogen and oxygen atoms in total. The Labute approximate surface area is 290 Å². The number of fused-ring (bicyclic) bond motifs is 1. The highest BCUT2D eigenvalue weighted by atomic mass is 19.4. The number of carbonyl (C=O) groups is 3. The molecule has 3 aromatic carbocycles. The number of urea groups is 1. The van der Waals surface area contributed by atoms with Crippen molar-refractivity contribution in [3.05, 3.63) is 89.5 Å². The number of anilines is 2. The summed E-state index contributed by atoms with van der Waals surface area (Å²) in [6.45, 7) is 5.85. The number of amides is 4. The number of alkyl halides is 3. The third kappa shape index (κ3) is 10.4. The number of ether oxygens (including phenoxy) is 2. The largest absolute Gasteiger partial charge is 0.490 e. The van der Waals surface area contributed by atoms with Crippen LogP contribution in [-0.2, 0) is 10.9 Å². The summed E-state index contributed by atoms with van der Waals surface area (Å²) >= 11 is 0. The molecule has 1 heterocycles. The Balaban J connectivity index is 1.57. The number of hydrogen-bond acceptors (Lipinski definition) is 6. The molecule has 0 aliphatic carbocycles. The summed E-state index contributed by atoms with van der Waals surface area (Å²) in [5, 5.41) is 15.7. The molecule has 4 amide bonds. The second-order valence-electron chi connectivity index (χ2n) is 12.7. The van der Waals surface area contributed by atoms with Crippen LogP contribution in [0.4, 0.5) is 29.3 Å². The lowest BCUT2D eigenvalue weighted by atomic mass is 10.0. The minimum Gasteiger partial charge on any atom is -0.490 e. The van der Waals surface area contributed by atoms with Gasteiger partial charge < -0.3 is 35.0 Å². The minimum atomic E-state index is -4.49. The zero-order valence-electron chi connectivity index (χ0n) is 28.7. The minimum absolute atomic E-state index is 0.120. The molecule has 0 aromatic heterocycles. The molecule has 4 rings (SSSR count). The molecule has 0 spiro atoms. The SMILES string of the molecule is C[C@H](CO)N1C[C@H](C)[C@@H](CN(C)C(=O)Nc2ccc(C(F)(F)F)cc2)OCCCC[C@H](C)Oc2ccc(NC(=O)c3ccccc3)cc2C1=O.